The second-order valence-corrected chi connectivity index (χ2v) is 6.50. The maximum Gasteiger partial charge on any atom is 0.283 e. The molecule has 4 rings (SSSR count). The topological polar surface area (TPSA) is 62.8 Å². The van der Waals surface area contributed by atoms with E-state index in [4.69, 9.17) is 17.0 Å². The summed E-state index contributed by atoms with van der Waals surface area (Å²) in [5.41, 5.74) is 1.80. The van der Waals surface area contributed by atoms with Crippen molar-refractivity contribution in [3.63, 3.8) is 0 Å². The quantitative estimate of drug-likeness (QED) is 0.722. The van der Waals surface area contributed by atoms with Crippen molar-refractivity contribution in [3.8, 4) is 11.4 Å². The highest BCUT2D eigenvalue weighted by molar-refractivity contribution is 7.71. The largest absolute Gasteiger partial charge is 0.493 e. The van der Waals surface area contributed by atoms with Gasteiger partial charge in [0, 0.05) is 6.20 Å². The summed E-state index contributed by atoms with van der Waals surface area (Å²) in [5, 5.41) is 0. The summed E-state index contributed by atoms with van der Waals surface area (Å²) in [6.07, 6.45) is 2.97. The summed E-state index contributed by atoms with van der Waals surface area (Å²) in [5.74, 6) is 2.27. The molecule has 0 bridgehead atoms. The Morgan fingerprint density at radius 3 is 2.74 bits per heavy atom. The third-order valence-corrected chi connectivity index (χ3v) is 4.73. The summed E-state index contributed by atoms with van der Waals surface area (Å²) in [7, 11) is 0. The zero-order chi connectivity index (χ0) is 16.0. The minimum absolute atomic E-state index is 0.158. The van der Waals surface area contributed by atoms with Crippen molar-refractivity contribution in [1.82, 2.24) is 14.5 Å². The van der Waals surface area contributed by atoms with Crippen LogP contribution >= 0.6 is 12.2 Å². The molecule has 2 N–H and O–H groups in total. The molecule has 5 nitrogen and oxygen atoms in total. The lowest BCUT2D eigenvalue weighted by Gasteiger charge is -2.09. The molecule has 1 aromatic carbocycles. The van der Waals surface area contributed by atoms with E-state index in [1.54, 1.807) is 12.3 Å². The summed E-state index contributed by atoms with van der Waals surface area (Å²) >= 11 is 5.32. The van der Waals surface area contributed by atoms with E-state index in [-0.39, 0.29) is 5.56 Å². The molecule has 0 amide bonds. The number of hydrogen-bond donors (Lipinski definition) is 2. The average molecular weight is 327 g/mol. The number of fused-ring (bicyclic) bond motifs is 1. The fraction of sp³-hybridized carbons (Fsp3) is 0.294. The van der Waals surface area contributed by atoms with Crippen LogP contribution in [0, 0.1) is 16.6 Å². The number of H-pyrrole nitrogens is 2. The molecular weight excluding hydrogens is 310 g/mol. The van der Waals surface area contributed by atoms with Crippen molar-refractivity contribution in [2.24, 2.45) is 11.8 Å². The van der Waals surface area contributed by atoms with E-state index in [0.717, 1.165) is 29.5 Å². The van der Waals surface area contributed by atoms with Gasteiger partial charge in [0.2, 0.25) is 0 Å². The molecule has 1 fully saturated rings. The molecule has 3 aromatic rings. The number of ether oxygens (including phenoxy) is 1. The lowest BCUT2D eigenvalue weighted by atomic mass is 10.3. The molecule has 2 heterocycles. The standard InChI is InChI=1S/C17H17N3O2S/c1-10-8-11(10)9-22-13-4-2-12(3-5-13)20-16(21)15-14(6-7-18-15)19-17(20)23/h2-7,10-11,18H,8-9H2,1H3,(H,19,23). The molecule has 23 heavy (non-hydrogen) atoms. The molecule has 2 unspecified atom stereocenters. The van der Waals surface area contributed by atoms with Crippen LogP contribution < -0.4 is 10.3 Å². The Bertz CT molecular complexity index is 968. The Kier molecular flexibility index (Phi) is 3.34. The maximum atomic E-state index is 12.6. The van der Waals surface area contributed by atoms with E-state index in [1.165, 1.54) is 11.0 Å². The van der Waals surface area contributed by atoms with Crippen LogP contribution in [0.25, 0.3) is 16.7 Å². The Balaban J connectivity index is 1.65. The maximum absolute atomic E-state index is 12.6. The van der Waals surface area contributed by atoms with E-state index in [0.29, 0.717) is 16.2 Å². The van der Waals surface area contributed by atoms with Crippen LogP contribution in [0.4, 0.5) is 0 Å². The minimum atomic E-state index is -0.158. The molecule has 2 atom stereocenters. The van der Waals surface area contributed by atoms with Crippen molar-refractivity contribution >= 4 is 23.3 Å². The van der Waals surface area contributed by atoms with Gasteiger partial charge in [0.05, 0.1) is 17.8 Å². The Labute approximate surface area is 137 Å². The van der Waals surface area contributed by atoms with Crippen LogP contribution in [0.15, 0.2) is 41.3 Å². The average Bonchev–Trinajstić information content (AvgIpc) is 3.04. The first-order valence-corrected chi connectivity index (χ1v) is 8.10. The Morgan fingerprint density at radius 2 is 2.04 bits per heavy atom. The number of hydrogen-bond acceptors (Lipinski definition) is 3. The van der Waals surface area contributed by atoms with Gasteiger partial charge in [-0.1, -0.05) is 6.92 Å². The molecule has 1 saturated carbocycles. The van der Waals surface area contributed by atoms with Gasteiger partial charge in [-0.3, -0.25) is 9.36 Å². The fourth-order valence-corrected chi connectivity index (χ4v) is 3.08. The first kappa shape index (κ1) is 14.3. The number of aromatic nitrogens is 3. The van der Waals surface area contributed by atoms with Gasteiger partial charge in [-0.2, -0.15) is 0 Å². The predicted octanol–water partition coefficient (Wildman–Crippen LogP) is 3.41. The lowest BCUT2D eigenvalue weighted by Crippen LogP contribution is -2.20. The van der Waals surface area contributed by atoms with Gasteiger partial charge < -0.3 is 14.7 Å². The van der Waals surface area contributed by atoms with Crippen molar-refractivity contribution in [2.45, 2.75) is 13.3 Å². The SMILES string of the molecule is CC1CC1COc1ccc(-n2c(=S)[nH]c3cc[nH]c3c2=O)cc1. The van der Waals surface area contributed by atoms with Crippen molar-refractivity contribution in [2.75, 3.05) is 6.61 Å². The molecule has 0 radical (unpaired) electrons. The molecule has 1 aliphatic carbocycles. The minimum Gasteiger partial charge on any atom is -0.493 e. The van der Waals surface area contributed by atoms with E-state index < -0.39 is 0 Å². The lowest BCUT2D eigenvalue weighted by molar-refractivity contribution is 0.293. The first-order chi connectivity index (χ1) is 11.1. The molecule has 0 spiro atoms. The van der Waals surface area contributed by atoms with Gasteiger partial charge in [0.25, 0.3) is 5.56 Å². The molecule has 1 aliphatic rings. The molecule has 2 aromatic heterocycles. The van der Waals surface area contributed by atoms with Gasteiger partial charge in [-0.25, -0.2) is 0 Å². The Morgan fingerprint density at radius 1 is 1.30 bits per heavy atom. The molecule has 6 heteroatoms. The first-order valence-electron chi connectivity index (χ1n) is 7.69. The van der Waals surface area contributed by atoms with E-state index in [2.05, 4.69) is 16.9 Å². The van der Waals surface area contributed by atoms with E-state index >= 15 is 0 Å². The highest BCUT2D eigenvalue weighted by Crippen LogP contribution is 2.37. The third-order valence-electron chi connectivity index (χ3n) is 4.44. The number of benzene rings is 1. The normalized spacial score (nSPS) is 19.9. The van der Waals surface area contributed by atoms with Gasteiger partial charge in [0.15, 0.2) is 4.77 Å². The van der Waals surface area contributed by atoms with Crippen molar-refractivity contribution < 1.29 is 4.74 Å². The molecule has 118 valence electrons. The fourth-order valence-electron chi connectivity index (χ4n) is 2.79. The second-order valence-electron chi connectivity index (χ2n) is 6.12. The van der Waals surface area contributed by atoms with Crippen LogP contribution in [0.3, 0.4) is 0 Å². The molecule has 0 saturated heterocycles. The number of rotatable bonds is 4. The Hall–Kier alpha value is -2.34. The number of nitrogens with one attached hydrogen (secondary N) is 2. The van der Waals surface area contributed by atoms with Crippen LogP contribution in [0.5, 0.6) is 5.75 Å². The van der Waals surface area contributed by atoms with Gasteiger partial charge in [0.1, 0.15) is 11.3 Å². The van der Waals surface area contributed by atoms with Crippen LogP contribution in [0.2, 0.25) is 0 Å². The third kappa shape index (κ3) is 2.59. The van der Waals surface area contributed by atoms with Crippen LogP contribution in [-0.4, -0.2) is 21.1 Å². The monoisotopic (exact) mass is 327 g/mol. The molecular formula is C17H17N3O2S. The second kappa shape index (κ2) is 5.38. The van der Waals surface area contributed by atoms with Crippen LogP contribution in [-0.2, 0) is 0 Å². The summed E-state index contributed by atoms with van der Waals surface area (Å²) < 4.78 is 7.65. The van der Waals surface area contributed by atoms with Gasteiger partial charge in [-0.15, -0.1) is 0 Å². The zero-order valence-electron chi connectivity index (χ0n) is 12.7. The summed E-state index contributed by atoms with van der Waals surface area (Å²) in [4.78, 5) is 18.6. The smallest absolute Gasteiger partial charge is 0.283 e. The van der Waals surface area contributed by atoms with E-state index in [9.17, 15) is 4.79 Å². The summed E-state index contributed by atoms with van der Waals surface area (Å²) in [6.45, 7) is 3.00. The van der Waals surface area contributed by atoms with E-state index in [1.807, 2.05) is 24.3 Å². The molecule has 0 aliphatic heterocycles. The van der Waals surface area contributed by atoms with Crippen LogP contribution in [0.1, 0.15) is 13.3 Å². The zero-order valence-corrected chi connectivity index (χ0v) is 13.5. The highest BCUT2D eigenvalue weighted by Gasteiger charge is 2.32. The van der Waals surface area contributed by atoms with Crippen molar-refractivity contribution in [3.05, 3.63) is 51.7 Å². The predicted molar refractivity (Wildman–Crippen MR) is 91.8 cm³/mol. The van der Waals surface area contributed by atoms with Crippen molar-refractivity contribution in [1.29, 1.82) is 0 Å². The summed E-state index contributed by atoms with van der Waals surface area (Å²) in [6, 6.07) is 9.26. The van der Waals surface area contributed by atoms with Gasteiger partial charge in [-0.05, 0) is 60.8 Å². The number of aromatic amines is 2. The highest BCUT2D eigenvalue weighted by atomic mass is 32.1. The van der Waals surface area contributed by atoms with Gasteiger partial charge >= 0.3 is 0 Å². The number of nitrogens with zero attached hydrogens (tertiary/aromatic N) is 1.